The molecular formula is C11H15NO2S. The highest BCUT2D eigenvalue weighted by molar-refractivity contribution is 7.98. The van der Waals surface area contributed by atoms with E-state index in [1.807, 2.05) is 36.6 Å². The van der Waals surface area contributed by atoms with E-state index >= 15 is 0 Å². The summed E-state index contributed by atoms with van der Waals surface area (Å²) in [6.07, 6.45) is 1.90. The quantitative estimate of drug-likeness (QED) is 0.772. The van der Waals surface area contributed by atoms with Crippen molar-refractivity contribution in [3.05, 3.63) is 35.9 Å². The van der Waals surface area contributed by atoms with Gasteiger partial charge in [-0.3, -0.25) is 10.1 Å². The molecule has 3 nitrogen and oxygen atoms in total. The van der Waals surface area contributed by atoms with E-state index in [-0.39, 0.29) is 0 Å². The minimum absolute atomic E-state index is 0.472. The van der Waals surface area contributed by atoms with Crippen LogP contribution < -0.4 is 5.32 Å². The van der Waals surface area contributed by atoms with Gasteiger partial charge in [0.25, 0.3) is 0 Å². The fourth-order valence-electron chi connectivity index (χ4n) is 1.22. The first-order chi connectivity index (χ1) is 7.24. The summed E-state index contributed by atoms with van der Waals surface area (Å²) in [4.78, 5) is 10.8. The third-order valence-electron chi connectivity index (χ3n) is 2.03. The number of thioether (sulfide) groups is 1. The van der Waals surface area contributed by atoms with E-state index in [4.69, 9.17) is 5.11 Å². The minimum atomic E-state index is -0.791. The molecule has 15 heavy (non-hydrogen) atoms. The predicted molar refractivity (Wildman–Crippen MR) is 63.1 cm³/mol. The van der Waals surface area contributed by atoms with Gasteiger partial charge in [-0.1, -0.05) is 30.3 Å². The van der Waals surface area contributed by atoms with Crippen LogP contribution in [0.1, 0.15) is 5.56 Å². The molecule has 0 amide bonds. The average molecular weight is 225 g/mol. The van der Waals surface area contributed by atoms with Crippen molar-refractivity contribution in [1.82, 2.24) is 5.32 Å². The summed E-state index contributed by atoms with van der Waals surface area (Å²) in [6, 6.07) is 9.32. The number of nitrogens with one attached hydrogen (secondary N) is 1. The van der Waals surface area contributed by atoms with Crippen molar-refractivity contribution < 1.29 is 9.90 Å². The smallest absolute Gasteiger partial charge is 0.321 e. The van der Waals surface area contributed by atoms with Crippen LogP contribution in [-0.2, 0) is 11.3 Å². The number of rotatable bonds is 6. The Morgan fingerprint density at radius 1 is 1.47 bits per heavy atom. The summed E-state index contributed by atoms with van der Waals surface area (Å²) in [5.41, 5.74) is 1.10. The molecule has 0 aliphatic heterocycles. The Bertz CT molecular complexity index is 303. The highest BCUT2D eigenvalue weighted by Crippen LogP contribution is 2.01. The van der Waals surface area contributed by atoms with E-state index in [0.717, 1.165) is 5.56 Å². The van der Waals surface area contributed by atoms with Gasteiger partial charge in [-0.05, 0) is 11.8 Å². The molecule has 0 saturated heterocycles. The summed E-state index contributed by atoms with van der Waals surface area (Å²) < 4.78 is 0. The van der Waals surface area contributed by atoms with Crippen molar-refractivity contribution in [3.63, 3.8) is 0 Å². The number of hydrogen-bond acceptors (Lipinski definition) is 3. The van der Waals surface area contributed by atoms with Gasteiger partial charge in [0.05, 0.1) is 0 Å². The molecule has 0 unspecified atom stereocenters. The molecule has 0 bridgehead atoms. The molecule has 0 heterocycles. The van der Waals surface area contributed by atoms with E-state index in [9.17, 15) is 4.79 Å². The second-order valence-corrected chi connectivity index (χ2v) is 4.12. The molecule has 0 aliphatic rings. The number of carboxylic acid groups (broad SMARTS) is 1. The van der Waals surface area contributed by atoms with Gasteiger partial charge in [0.15, 0.2) is 0 Å². The Balaban J connectivity index is 2.43. The van der Waals surface area contributed by atoms with Gasteiger partial charge in [0.2, 0.25) is 0 Å². The summed E-state index contributed by atoms with van der Waals surface area (Å²) in [5, 5.41) is 11.9. The zero-order valence-corrected chi connectivity index (χ0v) is 9.46. The summed E-state index contributed by atoms with van der Waals surface area (Å²) >= 11 is 1.53. The van der Waals surface area contributed by atoms with Crippen LogP contribution in [0.4, 0.5) is 0 Å². The van der Waals surface area contributed by atoms with Gasteiger partial charge in [-0.15, -0.1) is 0 Å². The SMILES string of the molecule is CSC[C@H](NCc1ccccc1)C(=O)O. The standard InChI is InChI=1S/C11H15NO2S/c1-15-8-10(11(13)14)12-7-9-5-3-2-4-6-9/h2-6,10,12H,7-8H2,1H3,(H,13,14)/t10-/m0/s1. The van der Waals surface area contributed by atoms with Crippen molar-refractivity contribution >= 4 is 17.7 Å². The lowest BCUT2D eigenvalue weighted by molar-refractivity contribution is -0.138. The molecule has 1 atom stereocenters. The van der Waals surface area contributed by atoms with E-state index in [1.165, 1.54) is 11.8 Å². The number of aliphatic carboxylic acids is 1. The third-order valence-corrected chi connectivity index (χ3v) is 2.69. The lowest BCUT2D eigenvalue weighted by Crippen LogP contribution is -2.38. The van der Waals surface area contributed by atoms with Gasteiger partial charge in [0, 0.05) is 12.3 Å². The van der Waals surface area contributed by atoms with Crippen LogP contribution >= 0.6 is 11.8 Å². The summed E-state index contributed by atoms with van der Waals surface area (Å²) in [6.45, 7) is 0.596. The van der Waals surface area contributed by atoms with Gasteiger partial charge in [-0.25, -0.2) is 0 Å². The molecule has 0 aromatic heterocycles. The fraction of sp³-hybridized carbons (Fsp3) is 0.364. The fourth-order valence-corrected chi connectivity index (χ4v) is 1.81. The van der Waals surface area contributed by atoms with E-state index in [2.05, 4.69) is 5.32 Å². The highest BCUT2D eigenvalue weighted by Gasteiger charge is 2.15. The van der Waals surface area contributed by atoms with Crippen LogP contribution in [0.2, 0.25) is 0 Å². The first kappa shape index (κ1) is 12.1. The Hall–Kier alpha value is -1.00. The third kappa shape index (κ3) is 4.36. The van der Waals surface area contributed by atoms with Gasteiger partial charge >= 0.3 is 5.97 Å². The zero-order chi connectivity index (χ0) is 11.1. The molecule has 1 aromatic carbocycles. The van der Waals surface area contributed by atoms with Gasteiger partial charge < -0.3 is 5.11 Å². The van der Waals surface area contributed by atoms with Crippen LogP contribution in [0.15, 0.2) is 30.3 Å². The summed E-state index contributed by atoms with van der Waals surface area (Å²) in [5.74, 6) is -0.206. The largest absolute Gasteiger partial charge is 0.480 e. The number of carboxylic acids is 1. The van der Waals surface area contributed by atoms with Crippen molar-refractivity contribution in [2.45, 2.75) is 12.6 Å². The second kappa shape index (κ2) is 6.48. The van der Waals surface area contributed by atoms with Crippen LogP contribution in [0, 0.1) is 0 Å². The maximum Gasteiger partial charge on any atom is 0.321 e. The molecule has 0 aliphatic carbocycles. The molecular weight excluding hydrogens is 210 g/mol. The van der Waals surface area contributed by atoms with E-state index in [0.29, 0.717) is 12.3 Å². The van der Waals surface area contributed by atoms with E-state index in [1.54, 1.807) is 0 Å². The van der Waals surface area contributed by atoms with Crippen molar-refractivity contribution in [1.29, 1.82) is 0 Å². The van der Waals surface area contributed by atoms with Crippen LogP contribution in [-0.4, -0.2) is 29.1 Å². The Morgan fingerprint density at radius 2 is 2.13 bits per heavy atom. The first-order valence-electron chi connectivity index (χ1n) is 4.73. The topological polar surface area (TPSA) is 49.3 Å². The molecule has 1 aromatic rings. The average Bonchev–Trinajstić information content (AvgIpc) is 2.25. The maximum absolute atomic E-state index is 10.8. The number of benzene rings is 1. The first-order valence-corrected chi connectivity index (χ1v) is 6.12. The summed E-state index contributed by atoms with van der Waals surface area (Å²) in [7, 11) is 0. The molecule has 82 valence electrons. The highest BCUT2D eigenvalue weighted by atomic mass is 32.2. The monoisotopic (exact) mass is 225 g/mol. The van der Waals surface area contributed by atoms with Crippen LogP contribution in [0.3, 0.4) is 0 Å². The Morgan fingerprint density at radius 3 is 2.67 bits per heavy atom. The molecule has 1 rings (SSSR count). The minimum Gasteiger partial charge on any atom is -0.480 e. The lowest BCUT2D eigenvalue weighted by Gasteiger charge is -2.12. The Labute approximate surface area is 93.9 Å². The molecule has 0 saturated carbocycles. The lowest BCUT2D eigenvalue weighted by atomic mass is 10.2. The van der Waals surface area contributed by atoms with E-state index < -0.39 is 12.0 Å². The Kier molecular flexibility index (Phi) is 5.21. The molecule has 2 N–H and O–H groups in total. The normalized spacial score (nSPS) is 12.3. The van der Waals surface area contributed by atoms with Crippen LogP contribution in [0.5, 0.6) is 0 Å². The molecule has 0 spiro atoms. The number of hydrogen-bond donors (Lipinski definition) is 2. The maximum atomic E-state index is 10.8. The van der Waals surface area contributed by atoms with Gasteiger partial charge in [0.1, 0.15) is 6.04 Å². The molecule has 4 heteroatoms. The number of carbonyl (C=O) groups is 1. The van der Waals surface area contributed by atoms with Gasteiger partial charge in [-0.2, -0.15) is 11.8 Å². The van der Waals surface area contributed by atoms with Crippen LogP contribution in [0.25, 0.3) is 0 Å². The van der Waals surface area contributed by atoms with Crippen molar-refractivity contribution in [3.8, 4) is 0 Å². The van der Waals surface area contributed by atoms with Crippen molar-refractivity contribution in [2.75, 3.05) is 12.0 Å². The second-order valence-electron chi connectivity index (χ2n) is 3.21. The molecule has 0 fully saturated rings. The zero-order valence-electron chi connectivity index (χ0n) is 8.64. The molecule has 0 radical (unpaired) electrons. The predicted octanol–water partition coefficient (Wildman–Crippen LogP) is 1.59. The van der Waals surface area contributed by atoms with Crippen molar-refractivity contribution in [2.24, 2.45) is 0 Å².